The molecule has 0 saturated carbocycles. The molecule has 1 saturated heterocycles. The number of alkyl halides is 3. The average Bonchev–Trinajstić information content (AvgIpc) is 3.03. The van der Waals surface area contributed by atoms with Gasteiger partial charge < -0.3 is 19.2 Å². The number of hydrogen-bond acceptors (Lipinski definition) is 8. The topological polar surface area (TPSA) is 123 Å². The van der Waals surface area contributed by atoms with Gasteiger partial charge in [0, 0.05) is 25.9 Å². The Morgan fingerprint density at radius 1 is 1.34 bits per heavy atom. The molecule has 1 aliphatic heterocycles. The van der Waals surface area contributed by atoms with Crippen molar-refractivity contribution in [2.45, 2.75) is 19.2 Å². The van der Waals surface area contributed by atoms with E-state index < -0.39 is 34.0 Å². The Morgan fingerprint density at radius 2 is 2.09 bits per heavy atom. The number of aryl methyl sites for hydroxylation is 1. The van der Waals surface area contributed by atoms with Crippen molar-refractivity contribution in [1.29, 1.82) is 0 Å². The molecule has 1 fully saturated rings. The summed E-state index contributed by atoms with van der Waals surface area (Å²) in [4.78, 5) is 16.2. The third-order valence-electron chi connectivity index (χ3n) is 4.63. The van der Waals surface area contributed by atoms with Crippen molar-refractivity contribution in [3.63, 3.8) is 0 Å². The Labute approximate surface area is 181 Å². The van der Waals surface area contributed by atoms with Gasteiger partial charge in [0.25, 0.3) is 11.9 Å². The number of anilines is 2. The van der Waals surface area contributed by atoms with E-state index in [-0.39, 0.29) is 43.7 Å². The van der Waals surface area contributed by atoms with Gasteiger partial charge in [-0.25, -0.2) is 4.72 Å². The Balaban J connectivity index is 1.71. The minimum absolute atomic E-state index is 0.0143. The Morgan fingerprint density at radius 3 is 2.78 bits per heavy atom. The van der Waals surface area contributed by atoms with E-state index in [2.05, 4.69) is 10.3 Å². The SMILES string of the molecule is COC1COCCN(S(=O)(=O)NC(=O)c2coc(Nc3cc(C(F)(F)F)ccc3C)n2)C1. The molecule has 32 heavy (non-hydrogen) atoms. The first kappa shape index (κ1) is 24.0. The zero-order valence-corrected chi connectivity index (χ0v) is 17.9. The number of ether oxygens (including phenoxy) is 2. The predicted octanol–water partition coefficient (Wildman–Crippen LogP) is 2.07. The predicted molar refractivity (Wildman–Crippen MR) is 106 cm³/mol. The number of oxazole rings is 1. The van der Waals surface area contributed by atoms with Crippen molar-refractivity contribution in [2.75, 3.05) is 38.7 Å². The fraction of sp³-hybridized carbons (Fsp3) is 0.444. The van der Waals surface area contributed by atoms with Crippen molar-refractivity contribution in [1.82, 2.24) is 14.0 Å². The molecule has 10 nitrogen and oxygen atoms in total. The monoisotopic (exact) mass is 478 g/mol. The highest BCUT2D eigenvalue weighted by molar-refractivity contribution is 7.87. The molecule has 2 heterocycles. The molecule has 1 aromatic heterocycles. The molecule has 1 aromatic carbocycles. The van der Waals surface area contributed by atoms with Crippen LogP contribution in [0.15, 0.2) is 28.9 Å². The quantitative estimate of drug-likeness (QED) is 0.647. The number of hydrogen-bond donors (Lipinski definition) is 2. The summed E-state index contributed by atoms with van der Waals surface area (Å²) in [5, 5.41) is 2.56. The van der Waals surface area contributed by atoms with Crippen LogP contribution in [0, 0.1) is 6.92 Å². The molecular formula is C18H21F3N4O6S. The largest absolute Gasteiger partial charge is 0.431 e. The molecule has 3 rings (SSSR count). The number of nitrogens with one attached hydrogen (secondary N) is 2. The molecule has 1 atom stereocenters. The van der Waals surface area contributed by atoms with E-state index in [1.54, 1.807) is 6.92 Å². The summed E-state index contributed by atoms with van der Waals surface area (Å²) in [5.74, 6) is -1.07. The van der Waals surface area contributed by atoms with Crippen LogP contribution in [0.5, 0.6) is 0 Å². The smallest absolute Gasteiger partial charge is 0.416 e. The summed E-state index contributed by atoms with van der Waals surface area (Å²) >= 11 is 0. The molecule has 14 heteroatoms. The lowest BCUT2D eigenvalue weighted by Gasteiger charge is -2.22. The number of carbonyl (C=O) groups excluding carboxylic acids is 1. The van der Waals surface area contributed by atoms with Gasteiger partial charge >= 0.3 is 16.4 Å². The molecule has 0 aliphatic carbocycles. The lowest BCUT2D eigenvalue weighted by atomic mass is 10.1. The van der Waals surface area contributed by atoms with Crippen molar-refractivity contribution in [2.24, 2.45) is 0 Å². The van der Waals surface area contributed by atoms with Crippen LogP contribution in [0.2, 0.25) is 0 Å². The van der Waals surface area contributed by atoms with Crippen LogP contribution >= 0.6 is 0 Å². The van der Waals surface area contributed by atoms with Crippen LogP contribution in [0.25, 0.3) is 0 Å². The minimum Gasteiger partial charge on any atom is -0.431 e. The van der Waals surface area contributed by atoms with Gasteiger partial charge in [-0.15, -0.1) is 0 Å². The van der Waals surface area contributed by atoms with E-state index in [0.717, 1.165) is 22.7 Å². The van der Waals surface area contributed by atoms with E-state index in [1.165, 1.54) is 13.2 Å². The molecule has 2 aromatic rings. The van der Waals surface area contributed by atoms with E-state index in [9.17, 15) is 26.4 Å². The number of aromatic nitrogens is 1. The van der Waals surface area contributed by atoms with Crippen LogP contribution in [0.4, 0.5) is 24.9 Å². The molecule has 0 radical (unpaired) electrons. The first-order chi connectivity index (χ1) is 15.0. The van der Waals surface area contributed by atoms with Crippen LogP contribution in [0.3, 0.4) is 0 Å². The van der Waals surface area contributed by atoms with Gasteiger partial charge in [0.05, 0.1) is 24.9 Å². The van der Waals surface area contributed by atoms with Gasteiger partial charge in [-0.3, -0.25) is 4.79 Å². The molecular weight excluding hydrogens is 457 g/mol. The summed E-state index contributed by atoms with van der Waals surface area (Å²) in [5.41, 5.74) is -0.718. The number of methoxy groups -OCH3 is 1. The number of rotatable bonds is 6. The minimum atomic E-state index is -4.54. The van der Waals surface area contributed by atoms with Crippen LogP contribution in [-0.4, -0.2) is 63.1 Å². The number of benzene rings is 1. The van der Waals surface area contributed by atoms with Gasteiger partial charge in [-0.2, -0.15) is 30.9 Å². The normalized spacial score (nSPS) is 18.2. The highest BCUT2D eigenvalue weighted by atomic mass is 32.2. The van der Waals surface area contributed by atoms with Crippen LogP contribution in [-0.2, 0) is 25.9 Å². The number of nitrogens with zero attached hydrogens (tertiary/aromatic N) is 2. The third-order valence-corrected chi connectivity index (χ3v) is 6.09. The highest BCUT2D eigenvalue weighted by Crippen LogP contribution is 2.32. The lowest BCUT2D eigenvalue weighted by molar-refractivity contribution is -0.137. The molecule has 0 bridgehead atoms. The lowest BCUT2D eigenvalue weighted by Crippen LogP contribution is -2.47. The Kier molecular flexibility index (Phi) is 7.07. The van der Waals surface area contributed by atoms with E-state index in [1.807, 2.05) is 4.72 Å². The van der Waals surface area contributed by atoms with Crippen molar-refractivity contribution < 1.29 is 40.3 Å². The molecule has 0 spiro atoms. The highest BCUT2D eigenvalue weighted by Gasteiger charge is 2.32. The summed E-state index contributed by atoms with van der Waals surface area (Å²) in [6.45, 7) is 1.92. The first-order valence-corrected chi connectivity index (χ1v) is 10.8. The van der Waals surface area contributed by atoms with E-state index >= 15 is 0 Å². The molecule has 1 aliphatic rings. The molecule has 1 unspecified atom stereocenters. The summed E-state index contributed by atoms with van der Waals surface area (Å²) < 4.78 is 82.3. The maximum absolute atomic E-state index is 12.9. The summed E-state index contributed by atoms with van der Waals surface area (Å²) in [6, 6.07) is 2.80. The zero-order chi connectivity index (χ0) is 23.5. The average molecular weight is 478 g/mol. The second-order valence-corrected chi connectivity index (χ2v) is 8.59. The number of carbonyl (C=O) groups is 1. The molecule has 176 valence electrons. The molecule has 2 N–H and O–H groups in total. The number of halogens is 3. The fourth-order valence-electron chi connectivity index (χ4n) is 2.83. The van der Waals surface area contributed by atoms with Gasteiger partial charge in [0.2, 0.25) is 0 Å². The maximum Gasteiger partial charge on any atom is 0.416 e. The summed E-state index contributed by atoms with van der Waals surface area (Å²) in [7, 11) is -2.81. The second kappa shape index (κ2) is 9.44. The number of amides is 1. The van der Waals surface area contributed by atoms with Crippen LogP contribution in [0.1, 0.15) is 21.6 Å². The summed E-state index contributed by atoms with van der Waals surface area (Å²) in [6.07, 6.45) is -4.15. The Bertz CT molecular complexity index is 1070. The van der Waals surface area contributed by atoms with E-state index in [4.69, 9.17) is 13.9 Å². The van der Waals surface area contributed by atoms with Gasteiger partial charge in [-0.05, 0) is 24.6 Å². The standard InChI is InChI=1S/C18H21F3N4O6S/c1-11-3-4-12(18(19,20)21)7-14(11)22-17-23-15(10-31-17)16(26)24-32(27,28)25-5-6-30-9-13(8-25)29-2/h3-4,7,10,13H,5-6,8-9H2,1-2H3,(H,22,23)(H,24,26). The second-order valence-electron chi connectivity index (χ2n) is 6.92. The zero-order valence-electron chi connectivity index (χ0n) is 17.1. The van der Waals surface area contributed by atoms with Gasteiger partial charge in [0.15, 0.2) is 5.69 Å². The van der Waals surface area contributed by atoms with Gasteiger partial charge in [0.1, 0.15) is 6.26 Å². The fourth-order valence-corrected chi connectivity index (χ4v) is 3.98. The van der Waals surface area contributed by atoms with Crippen molar-refractivity contribution in [3.8, 4) is 0 Å². The van der Waals surface area contributed by atoms with E-state index in [0.29, 0.717) is 5.56 Å². The first-order valence-electron chi connectivity index (χ1n) is 9.33. The van der Waals surface area contributed by atoms with Crippen molar-refractivity contribution in [3.05, 3.63) is 41.3 Å². The third kappa shape index (κ3) is 5.76. The molecule has 1 amide bonds. The maximum atomic E-state index is 12.9. The Hall–Kier alpha value is -2.68. The van der Waals surface area contributed by atoms with Crippen LogP contribution < -0.4 is 10.0 Å². The van der Waals surface area contributed by atoms with Gasteiger partial charge in [-0.1, -0.05) is 6.07 Å². The van der Waals surface area contributed by atoms with Crippen molar-refractivity contribution >= 4 is 27.8 Å².